The molecule has 0 spiro atoms. The number of carboxylic acid groups (broad SMARTS) is 1. The number of aliphatic hydroxyl groups excluding tert-OH is 1. The van der Waals surface area contributed by atoms with Crippen LogP contribution in [0.3, 0.4) is 0 Å². The van der Waals surface area contributed by atoms with E-state index in [0.717, 1.165) is 6.42 Å². The molecule has 0 bridgehead atoms. The monoisotopic (exact) mass is 145 g/mol. The third kappa shape index (κ3) is 1.27. The molecule has 1 rings (SSSR count). The summed E-state index contributed by atoms with van der Waals surface area (Å²) in [7, 11) is 0. The fourth-order valence-corrected chi connectivity index (χ4v) is 1.28. The molecule has 4 nitrogen and oxygen atoms in total. The van der Waals surface area contributed by atoms with Gasteiger partial charge in [0.2, 0.25) is 0 Å². The number of aliphatic hydroxyl groups is 1. The van der Waals surface area contributed by atoms with E-state index in [2.05, 4.69) is 0 Å². The Morgan fingerprint density at radius 2 is 2.40 bits per heavy atom. The van der Waals surface area contributed by atoms with Gasteiger partial charge in [0.25, 0.3) is 0 Å². The first-order chi connectivity index (χ1) is 4.75. The van der Waals surface area contributed by atoms with Crippen molar-refractivity contribution in [2.45, 2.75) is 18.9 Å². The van der Waals surface area contributed by atoms with Crippen LogP contribution in [0.4, 0.5) is 0 Å². The van der Waals surface area contributed by atoms with Crippen molar-refractivity contribution < 1.29 is 15.0 Å². The Bertz CT molecular complexity index is 137. The molecule has 0 radical (unpaired) electrons. The van der Waals surface area contributed by atoms with E-state index in [9.17, 15) is 4.79 Å². The molecule has 0 aromatic carbocycles. The minimum atomic E-state index is -0.827. The van der Waals surface area contributed by atoms with E-state index in [1.165, 1.54) is 0 Å². The molecular weight excluding hydrogens is 134 g/mol. The predicted molar refractivity (Wildman–Crippen MR) is 34.4 cm³/mol. The highest BCUT2D eigenvalue weighted by Crippen LogP contribution is 2.15. The van der Waals surface area contributed by atoms with Gasteiger partial charge in [-0.05, 0) is 12.8 Å². The lowest BCUT2D eigenvalue weighted by atomic mass is 10.2. The lowest BCUT2D eigenvalue weighted by molar-refractivity contribution is -0.143. The maximum absolute atomic E-state index is 10.4. The fourth-order valence-electron chi connectivity index (χ4n) is 1.28. The Kier molecular flexibility index (Phi) is 2.24. The average Bonchev–Trinajstić information content (AvgIpc) is 2.33. The van der Waals surface area contributed by atoms with Crippen LogP contribution in [-0.4, -0.2) is 40.4 Å². The third-order valence-corrected chi connectivity index (χ3v) is 1.83. The van der Waals surface area contributed by atoms with Gasteiger partial charge in [-0.3, -0.25) is 9.69 Å². The van der Waals surface area contributed by atoms with E-state index >= 15 is 0 Å². The minimum absolute atomic E-state index is 0.142. The number of nitrogens with zero attached hydrogens (tertiary/aromatic N) is 1. The molecule has 1 saturated heterocycles. The van der Waals surface area contributed by atoms with E-state index < -0.39 is 12.0 Å². The first-order valence-electron chi connectivity index (χ1n) is 3.33. The van der Waals surface area contributed by atoms with Crippen molar-refractivity contribution in [2.24, 2.45) is 0 Å². The molecule has 0 saturated carbocycles. The Labute approximate surface area is 59.1 Å². The average molecular weight is 145 g/mol. The molecule has 10 heavy (non-hydrogen) atoms. The van der Waals surface area contributed by atoms with Gasteiger partial charge in [-0.2, -0.15) is 0 Å². The van der Waals surface area contributed by atoms with Crippen molar-refractivity contribution in [3.8, 4) is 0 Å². The van der Waals surface area contributed by atoms with Crippen LogP contribution in [0.25, 0.3) is 0 Å². The molecule has 4 heteroatoms. The number of carbonyl (C=O) groups is 1. The molecule has 0 aromatic heterocycles. The summed E-state index contributed by atoms with van der Waals surface area (Å²) >= 11 is 0. The highest BCUT2D eigenvalue weighted by Gasteiger charge is 2.29. The van der Waals surface area contributed by atoms with Crippen molar-refractivity contribution >= 4 is 5.97 Å². The van der Waals surface area contributed by atoms with E-state index in [-0.39, 0.29) is 6.73 Å². The summed E-state index contributed by atoms with van der Waals surface area (Å²) in [6.45, 7) is 0.560. The van der Waals surface area contributed by atoms with E-state index in [1.807, 2.05) is 0 Å². The van der Waals surface area contributed by atoms with Gasteiger partial charge >= 0.3 is 5.97 Å². The van der Waals surface area contributed by atoms with Crippen LogP contribution in [0, 0.1) is 0 Å². The quantitative estimate of drug-likeness (QED) is 0.549. The van der Waals surface area contributed by atoms with Crippen LogP contribution < -0.4 is 0 Å². The summed E-state index contributed by atoms with van der Waals surface area (Å²) in [4.78, 5) is 12.0. The number of rotatable bonds is 2. The Hall–Kier alpha value is -0.610. The maximum atomic E-state index is 10.4. The number of hydrogen-bond acceptors (Lipinski definition) is 3. The summed E-state index contributed by atoms with van der Waals surface area (Å²) in [5.41, 5.74) is 0. The predicted octanol–water partition coefficient (Wildman–Crippen LogP) is -0.515. The van der Waals surface area contributed by atoms with Crippen LogP contribution in [-0.2, 0) is 4.79 Å². The first kappa shape index (κ1) is 7.50. The number of aliphatic carboxylic acids is 1. The normalized spacial score (nSPS) is 27.1. The zero-order valence-electron chi connectivity index (χ0n) is 5.66. The maximum Gasteiger partial charge on any atom is 0.320 e. The fraction of sp³-hybridized carbons (Fsp3) is 0.833. The van der Waals surface area contributed by atoms with Gasteiger partial charge in [-0.1, -0.05) is 0 Å². The molecule has 0 aromatic rings. The van der Waals surface area contributed by atoms with Crippen molar-refractivity contribution in [3.05, 3.63) is 0 Å². The van der Waals surface area contributed by atoms with Gasteiger partial charge in [0.15, 0.2) is 0 Å². The molecule has 58 valence electrons. The molecule has 1 aliphatic heterocycles. The molecule has 2 N–H and O–H groups in total. The Balaban J connectivity index is 2.50. The van der Waals surface area contributed by atoms with Gasteiger partial charge in [-0.25, -0.2) is 0 Å². The summed E-state index contributed by atoms with van der Waals surface area (Å²) in [5, 5.41) is 17.2. The van der Waals surface area contributed by atoms with Crippen molar-refractivity contribution in [1.82, 2.24) is 4.90 Å². The molecule has 1 heterocycles. The lowest BCUT2D eigenvalue weighted by Gasteiger charge is -2.16. The molecule has 0 aliphatic carbocycles. The molecule has 1 aliphatic rings. The van der Waals surface area contributed by atoms with Crippen LogP contribution in [0.2, 0.25) is 0 Å². The van der Waals surface area contributed by atoms with E-state index in [1.54, 1.807) is 4.90 Å². The summed E-state index contributed by atoms with van der Waals surface area (Å²) in [6, 6.07) is -0.454. The summed E-state index contributed by atoms with van der Waals surface area (Å²) in [5.74, 6) is -0.827. The van der Waals surface area contributed by atoms with Crippen LogP contribution in [0.15, 0.2) is 0 Å². The smallest absolute Gasteiger partial charge is 0.320 e. The van der Waals surface area contributed by atoms with Crippen LogP contribution >= 0.6 is 0 Å². The number of hydrogen-bond donors (Lipinski definition) is 2. The van der Waals surface area contributed by atoms with Gasteiger partial charge in [0, 0.05) is 6.54 Å². The second kappa shape index (κ2) is 2.98. The topological polar surface area (TPSA) is 60.8 Å². The summed E-state index contributed by atoms with van der Waals surface area (Å²) in [6.07, 6.45) is 1.54. The zero-order valence-corrected chi connectivity index (χ0v) is 5.66. The van der Waals surface area contributed by atoms with Gasteiger partial charge < -0.3 is 10.2 Å². The Morgan fingerprint density at radius 3 is 2.80 bits per heavy atom. The lowest BCUT2D eigenvalue weighted by Crippen LogP contribution is -2.36. The number of likely N-dealkylation sites (tertiary alicyclic amines) is 1. The standard InChI is InChI=1S/C6H11NO3/c8-4-7-3-1-2-5(7)6(9)10/h5,8H,1-4H2,(H,9,10)/t5-/m0/s1. The second-order valence-corrected chi connectivity index (χ2v) is 2.45. The van der Waals surface area contributed by atoms with Crippen molar-refractivity contribution in [3.63, 3.8) is 0 Å². The van der Waals surface area contributed by atoms with Crippen molar-refractivity contribution in [2.75, 3.05) is 13.3 Å². The minimum Gasteiger partial charge on any atom is -0.480 e. The Morgan fingerprint density at radius 1 is 1.70 bits per heavy atom. The first-order valence-corrected chi connectivity index (χ1v) is 3.33. The second-order valence-electron chi connectivity index (χ2n) is 2.45. The molecule has 0 unspecified atom stereocenters. The highest BCUT2D eigenvalue weighted by atomic mass is 16.4. The van der Waals surface area contributed by atoms with Crippen molar-refractivity contribution in [1.29, 1.82) is 0 Å². The van der Waals surface area contributed by atoms with E-state index in [4.69, 9.17) is 10.2 Å². The van der Waals surface area contributed by atoms with Gasteiger partial charge in [0.1, 0.15) is 6.04 Å². The largest absolute Gasteiger partial charge is 0.480 e. The zero-order chi connectivity index (χ0) is 7.56. The molecule has 0 amide bonds. The highest BCUT2D eigenvalue weighted by molar-refractivity contribution is 5.73. The third-order valence-electron chi connectivity index (χ3n) is 1.83. The van der Waals surface area contributed by atoms with Crippen LogP contribution in [0.5, 0.6) is 0 Å². The molecular formula is C6H11NO3. The number of carboxylic acids is 1. The van der Waals surface area contributed by atoms with Gasteiger partial charge in [-0.15, -0.1) is 0 Å². The molecule has 1 atom stereocenters. The molecule has 1 fully saturated rings. The van der Waals surface area contributed by atoms with Crippen LogP contribution in [0.1, 0.15) is 12.8 Å². The van der Waals surface area contributed by atoms with Gasteiger partial charge in [0.05, 0.1) is 6.73 Å². The summed E-state index contributed by atoms with van der Waals surface area (Å²) < 4.78 is 0. The SMILES string of the molecule is O=C(O)[C@@H]1CCCN1CO. The van der Waals surface area contributed by atoms with E-state index in [0.29, 0.717) is 13.0 Å².